The Hall–Kier alpha value is -3.70. The van der Waals surface area contributed by atoms with Gasteiger partial charge in [-0.1, -0.05) is 0 Å². The van der Waals surface area contributed by atoms with Gasteiger partial charge in [0.25, 0.3) is 5.91 Å². The summed E-state index contributed by atoms with van der Waals surface area (Å²) < 4.78 is 24.3. The third kappa shape index (κ3) is 4.98. The third-order valence-electron chi connectivity index (χ3n) is 6.28. The highest BCUT2D eigenvalue weighted by atomic mass is 16.5. The normalized spacial score (nSPS) is 16.0. The number of amides is 1. The van der Waals surface area contributed by atoms with Crippen LogP contribution in [0.4, 0.5) is 5.82 Å². The summed E-state index contributed by atoms with van der Waals surface area (Å²) in [6.45, 7) is 6.33. The Morgan fingerprint density at radius 1 is 1.17 bits per heavy atom. The number of fused-ring (bicyclic) bond motifs is 3. The number of rotatable bonds is 8. The minimum Gasteiger partial charge on any atom is -0.495 e. The predicted molar refractivity (Wildman–Crippen MR) is 133 cm³/mol. The number of ether oxygens (including phenoxy) is 4. The van der Waals surface area contributed by atoms with Crippen LogP contribution < -0.4 is 25.1 Å². The van der Waals surface area contributed by atoms with Crippen molar-refractivity contribution in [1.29, 1.82) is 0 Å². The fourth-order valence-electron chi connectivity index (χ4n) is 4.44. The largest absolute Gasteiger partial charge is 0.495 e. The Balaban J connectivity index is 1.45. The molecule has 1 fully saturated rings. The monoisotopic (exact) mass is 494 g/mol. The van der Waals surface area contributed by atoms with E-state index in [9.17, 15) is 4.79 Å². The molecule has 2 aliphatic rings. The molecule has 11 nitrogen and oxygen atoms in total. The molecule has 0 atom stereocenters. The van der Waals surface area contributed by atoms with E-state index in [4.69, 9.17) is 23.9 Å². The molecule has 2 aliphatic heterocycles. The summed E-state index contributed by atoms with van der Waals surface area (Å²) in [7, 11) is 3.12. The average Bonchev–Trinajstić information content (AvgIpc) is 3.42. The summed E-state index contributed by atoms with van der Waals surface area (Å²) in [5.74, 6) is 2.00. The molecule has 2 aromatic heterocycles. The Morgan fingerprint density at radius 3 is 2.83 bits per heavy atom. The van der Waals surface area contributed by atoms with E-state index in [1.165, 1.54) is 19.5 Å². The summed E-state index contributed by atoms with van der Waals surface area (Å²) in [5.41, 5.74) is 1.19. The molecule has 4 heterocycles. The summed E-state index contributed by atoms with van der Waals surface area (Å²) >= 11 is 0. The quantitative estimate of drug-likeness (QED) is 0.468. The van der Waals surface area contributed by atoms with Gasteiger partial charge in [0.2, 0.25) is 5.62 Å². The Labute approximate surface area is 208 Å². The van der Waals surface area contributed by atoms with Gasteiger partial charge in [-0.05, 0) is 24.6 Å². The van der Waals surface area contributed by atoms with Crippen LogP contribution in [-0.4, -0.2) is 85.6 Å². The molecule has 1 amide bonds. The number of benzene rings is 1. The number of carbonyl (C=O) groups is 1. The van der Waals surface area contributed by atoms with Gasteiger partial charge in [-0.3, -0.25) is 19.2 Å². The lowest BCUT2D eigenvalue weighted by molar-refractivity contribution is 0.0357. The van der Waals surface area contributed by atoms with E-state index in [1.807, 2.05) is 16.7 Å². The van der Waals surface area contributed by atoms with Crippen LogP contribution in [0.3, 0.4) is 0 Å². The van der Waals surface area contributed by atoms with Crippen LogP contribution in [0, 0.1) is 0 Å². The molecule has 11 heteroatoms. The van der Waals surface area contributed by atoms with E-state index in [2.05, 4.69) is 20.2 Å². The minimum absolute atomic E-state index is 0.290. The number of nitrogens with one attached hydrogen (secondary N) is 1. The van der Waals surface area contributed by atoms with Crippen LogP contribution in [0.15, 0.2) is 35.6 Å². The molecule has 5 rings (SSSR count). The van der Waals surface area contributed by atoms with E-state index >= 15 is 0 Å². The molecular weight excluding hydrogens is 464 g/mol. The zero-order valence-corrected chi connectivity index (χ0v) is 20.5. The van der Waals surface area contributed by atoms with Gasteiger partial charge in [0.05, 0.1) is 45.8 Å². The van der Waals surface area contributed by atoms with Crippen molar-refractivity contribution in [1.82, 2.24) is 19.4 Å². The number of carbonyl (C=O) groups excluding carboxylic acids is 1. The van der Waals surface area contributed by atoms with Gasteiger partial charge in [0.15, 0.2) is 11.5 Å². The van der Waals surface area contributed by atoms with Gasteiger partial charge in [0.1, 0.15) is 17.1 Å². The maximum Gasteiger partial charge on any atom is 0.281 e. The van der Waals surface area contributed by atoms with Crippen LogP contribution in [0.25, 0.3) is 10.9 Å². The molecule has 1 N–H and O–H groups in total. The highest BCUT2D eigenvalue weighted by Crippen LogP contribution is 2.37. The van der Waals surface area contributed by atoms with E-state index in [-0.39, 0.29) is 5.62 Å². The van der Waals surface area contributed by atoms with Crippen LogP contribution in [-0.2, 0) is 11.3 Å². The lowest BCUT2D eigenvalue weighted by Crippen LogP contribution is -2.37. The molecule has 0 aliphatic carbocycles. The lowest BCUT2D eigenvalue weighted by Gasteiger charge is -2.26. The van der Waals surface area contributed by atoms with Crippen molar-refractivity contribution in [3.63, 3.8) is 0 Å². The zero-order chi connectivity index (χ0) is 24.9. The van der Waals surface area contributed by atoms with Crippen LogP contribution in [0.1, 0.15) is 16.8 Å². The van der Waals surface area contributed by atoms with Gasteiger partial charge in [-0.2, -0.15) is 4.99 Å². The number of methoxy groups -OCH3 is 2. The van der Waals surface area contributed by atoms with Gasteiger partial charge in [-0.25, -0.2) is 4.98 Å². The second kappa shape index (κ2) is 10.9. The lowest BCUT2D eigenvalue weighted by atomic mass is 10.2. The number of morpholine rings is 1. The molecule has 1 aromatic carbocycles. The number of hydrogen-bond acceptors (Lipinski definition) is 9. The van der Waals surface area contributed by atoms with Gasteiger partial charge < -0.3 is 24.3 Å². The van der Waals surface area contributed by atoms with Crippen LogP contribution in [0.2, 0.25) is 0 Å². The number of hydrogen-bond donors (Lipinski definition) is 1. The van der Waals surface area contributed by atoms with Gasteiger partial charge in [-0.15, -0.1) is 0 Å². The summed E-state index contributed by atoms with van der Waals surface area (Å²) in [6.07, 6.45) is 3.89. The second-order valence-corrected chi connectivity index (χ2v) is 8.52. The first kappa shape index (κ1) is 24.0. The first-order valence-electron chi connectivity index (χ1n) is 12.0. The number of nitrogens with zero attached hydrogens (tertiary/aromatic N) is 5. The van der Waals surface area contributed by atoms with E-state index in [0.717, 1.165) is 50.5 Å². The molecule has 0 spiro atoms. The molecular formula is C25H30N6O5. The van der Waals surface area contributed by atoms with Crippen molar-refractivity contribution in [2.24, 2.45) is 4.99 Å². The molecule has 0 unspecified atom stereocenters. The highest BCUT2D eigenvalue weighted by Gasteiger charge is 2.21. The second-order valence-electron chi connectivity index (χ2n) is 8.52. The van der Waals surface area contributed by atoms with E-state index < -0.39 is 5.91 Å². The molecule has 0 saturated carbocycles. The third-order valence-corrected chi connectivity index (χ3v) is 6.28. The molecule has 3 aromatic rings. The topological polar surface area (TPSA) is 112 Å². The van der Waals surface area contributed by atoms with Crippen molar-refractivity contribution in [2.45, 2.75) is 13.0 Å². The van der Waals surface area contributed by atoms with Gasteiger partial charge >= 0.3 is 0 Å². The maximum absolute atomic E-state index is 12.9. The van der Waals surface area contributed by atoms with Crippen molar-refractivity contribution >= 4 is 22.6 Å². The van der Waals surface area contributed by atoms with Crippen molar-refractivity contribution in [3.8, 4) is 17.2 Å². The maximum atomic E-state index is 12.9. The first-order valence-corrected chi connectivity index (χ1v) is 12.0. The average molecular weight is 495 g/mol. The van der Waals surface area contributed by atoms with Crippen LogP contribution in [0.5, 0.6) is 17.2 Å². The molecule has 0 radical (unpaired) electrons. The van der Waals surface area contributed by atoms with E-state index in [0.29, 0.717) is 48.0 Å². The molecule has 36 heavy (non-hydrogen) atoms. The number of anilines is 1. The minimum atomic E-state index is -0.454. The van der Waals surface area contributed by atoms with E-state index in [1.54, 1.807) is 13.2 Å². The SMILES string of the molecule is COc1cncc(C(=O)N=c2nc3c(OC)c(OCCCN4CCOCC4)ccc3c3n2CCN3)c1. The van der Waals surface area contributed by atoms with Crippen molar-refractivity contribution < 1.29 is 23.7 Å². The number of aromatic nitrogens is 3. The van der Waals surface area contributed by atoms with Crippen LogP contribution >= 0.6 is 0 Å². The fourth-order valence-corrected chi connectivity index (χ4v) is 4.44. The molecule has 190 valence electrons. The van der Waals surface area contributed by atoms with Gasteiger partial charge in [0, 0.05) is 44.3 Å². The fraction of sp³-hybridized carbons (Fsp3) is 0.440. The molecule has 1 saturated heterocycles. The van der Waals surface area contributed by atoms with Crippen molar-refractivity contribution in [2.75, 3.05) is 65.5 Å². The Kier molecular flexibility index (Phi) is 7.28. The molecule has 0 bridgehead atoms. The smallest absolute Gasteiger partial charge is 0.281 e. The Morgan fingerprint density at radius 2 is 2.03 bits per heavy atom. The summed E-state index contributed by atoms with van der Waals surface area (Å²) in [6, 6.07) is 5.47. The predicted octanol–water partition coefficient (Wildman–Crippen LogP) is 1.72. The highest BCUT2D eigenvalue weighted by molar-refractivity contribution is 5.96. The number of pyridine rings is 1. The standard InChI is InChI=1S/C25H30N6O5/c1-33-18-14-17(15-26-16-18)24(32)29-25-28-21-19(23-27-6-8-31(23)25)4-5-20(22(21)34-2)36-11-3-7-30-9-12-35-13-10-30/h4-5,14-16,27H,3,6-13H2,1-2H3. The Bertz CT molecular complexity index is 1320. The van der Waals surface area contributed by atoms with Crippen molar-refractivity contribution in [3.05, 3.63) is 41.8 Å². The zero-order valence-electron chi connectivity index (χ0n) is 20.5. The summed E-state index contributed by atoms with van der Waals surface area (Å²) in [4.78, 5) is 28.4. The summed E-state index contributed by atoms with van der Waals surface area (Å²) in [5, 5.41) is 4.26. The first-order chi connectivity index (χ1) is 17.7.